The zero-order valence-corrected chi connectivity index (χ0v) is 10.8. The van der Waals surface area contributed by atoms with Crippen LogP contribution in [0.3, 0.4) is 0 Å². The van der Waals surface area contributed by atoms with E-state index >= 15 is 0 Å². The minimum absolute atomic E-state index is 0.727. The van der Waals surface area contributed by atoms with Crippen molar-refractivity contribution in [1.82, 2.24) is 10.3 Å². The molecule has 1 saturated carbocycles. The van der Waals surface area contributed by atoms with Crippen molar-refractivity contribution in [3.63, 3.8) is 0 Å². The first-order valence-corrected chi connectivity index (χ1v) is 7.58. The Labute approximate surface area is 106 Å². The van der Waals surface area contributed by atoms with Gasteiger partial charge in [-0.1, -0.05) is 0 Å². The molecule has 1 aromatic rings. The van der Waals surface area contributed by atoms with Gasteiger partial charge in [-0.3, -0.25) is 0 Å². The number of anilines is 1. The molecule has 1 N–H and O–H groups in total. The molecule has 1 saturated heterocycles. The van der Waals surface area contributed by atoms with Gasteiger partial charge >= 0.3 is 0 Å². The average Bonchev–Trinajstić information content (AvgIpc) is 3.12. The molecular weight excluding hydrogens is 234 g/mol. The van der Waals surface area contributed by atoms with E-state index in [0.717, 1.165) is 37.4 Å². The normalized spacial score (nSPS) is 21.5. The number of rotatable bonds is 4. The van der Waals surface area contributed by atoms with Crippen LogP contribution >= 0.6 is 11.8 Å². The topological polar surface area (TPSA) is 41.3 Å². The van der Waals surface area contributed by atoms with Gasteiger partial charge < -0.3 is 14.6 Å². The lowest BCUT2D eigenvalue weighted by Crippen LogP contribution is -2.25. The molecule has 0 atom stereocenters. The molecule has 94 valence electrons. The Morgan fingerprint density at radius 2 is 2.35 bits per heavy atom. The molecule has 1 aliphatic heterocycles. The molecule has 0 unspecified atom stereocenters. The summed E-state index contributed by atoms with van der Waals surface area (Å²) in [5.41, 5.74) is 1.03. The van der Waals surface area contributed by atoms with E-state index in [4.69, 9.17) is 4.42 Å². The fourth-order valence-corrected chi connectivity index (χ4v) is 2.88. The van der Waals surface area contributed by atoms with Crippen LogP contribution in [0.15, 0.2) is 10.7 Å². The third-order valence-corrected chi connectivity index (χ3v) is 4.23. The van der Waals surface area contributed by atoms with Crippen molar-refractivity contribution in [1.29, 1.82) is 0 Å². The van der Waals surface area contributed by atoms with Crippen molar-refractivity contribution < 1.29 is 4.42 Å². The summed E-state index contributed by atoms with van der Waals surface area (Å²) in [6.45, 7) is 2.97. The summed E-state index contributed by atoms with van der Waals surface area (Å²) >= 11 is 2.02. The molecule has 1 aliphatic carbocycles. The van der Waals surface area contributed by atoms with Crippen LogP contribution < -0.4 is 10.2 Å². The maximum absolute atomic E-state index is 5.58. The van der Waals surface area contributed by atoms with Crippen LogP contribution in [0, 0.1) is 0 Å². The van der Waals surface area contributed by atoms with E-state index in [2.05, 4.69) is 15.2 Å². The monoisotopic (exact) mass is 253 g/mol. The van der Waals surface area contributed by atoms with Gasteiger partial charge in [-0.2, -0.15) is 16.7 Å². The number of hydrogen-bond acceptors (Lipinski definition) is 5. The van der Waals surface area contributed by atoms with E-state index in [1.165, 1.54) is 30.8 Å². The van der Waals surface area contributed by atoms with Crippen LogP contribution in [-0.2, 0) is 6.54 Å². The van der Waals surface area contributed by atoms with Crippen LogP contribution in [-0.4, -0.2) is 35.6 Å². The molecule has 2 fully saturated rings. The Morgan fingerprint density at radius 3 is 3.24 bits per heavy atom. The molecule has 2 heterocycles. The molecular formula is C12H19N3OS. The number of thioether (sulfide) groups is 1. The predicted molar refractivity (Wildman–Crippen MR) is 70.5 cm³/mol. The standard InChI is InChI=1S/C12H19N3OS/c1-4-15(5-7-17-6-1)12-14-11(9-16-12)8-13-10-2-3-10/h9-10,13H,1-8H2. The van der Waals surface area contributed by atoms with E-state index in [9.17, 15) is 0 Å². The Hall–Kier alpha value is -0.680. The second-order valence-corrected chi connectivity index (χ2v) is 5.95. The summed E-state index contributed by atoms with van der Waals surface area (Å²) in [4.78, 5) is 6.83. The fourth-order valence-electron chi connectivity index (χ4n) is 2.00. The van der Waals surface area contributed by atoms with Gasteiger partial charge in [0, 0.05) is 31.4 Å². The molecule has 1 aromatic heterocycles. The van der Waals surface area contributed by atoms with E-state index in [-0.39, 0.29) is 0 Å². The largest absolute Gasteiger partial charge is 0.432 e. The smallest absolute Gasteiger partial charge is 0.297 e. The lowest BCUT2D eigenvalue weighted by Gasteiger charge is -2.16. The zero-order valence-electron chi connectivity index (χ0n) is 10.0. The number of hydrogen-bond donors (Lipinski definition) is 1. The molecule has 0 spiro atoms. The van der Waals surface area contributed by atoms with E-state index < -0.39 is 0 Å². The van der Waals surface area contributed by atoms with Crippen LogP contribution in [0.2, 0.25) is 0 Å². The zero-order chi connectivity index (χ0) is 11.5. The molecule has 4 nitrogen and oxygen atoms in total. The van der Waals surface area contributed by atoms with Gasteiger partial charge in [0.2, 0.25) is 0 Å². The molecule has 5 heteroatoms. The third kappa shape index (κ3) is 3.16. The van der Waals surface area contributed by atoms with Crippen molar-refractivity contribution in [2.45, 2.75) is 31.8 Å². The Morgan fingerprint density at radius 1 is 1.41 bits per heavy atom. The van der Waals surface area contributed by atoms with Gasteiger partial charge in [-0.05, 0) is 25.0 Å². The van der Waals surface area contributed by atoms with Gasteiger partial charge in [0.15, 0.2) is 0 Å². The molecule has 0 bridgehead atoms. The third-order valence-electron chi connectivity index (χ3n) is 3.18. The van der Waals surface area contributed by atoms with Crippen LogP contribution in [0.25, 0.3) is 0 Å². The minimum Gasteiger partial charge on any atom is -0.432 e. The van der Waals surface area contributed by atoms with Gasteiger partial charge in [-0.25, -0.2) is 0 Å². The van der Waals surface area contributed by atoms with Crippen LogP contribution in [0.5, 0.6) is 0 Å². The number of oxazole rings is 1. The highest BCUT2D eigenvalue weighted by atomic mass is 32.2. The highest BCUT2D eigenvalue weighted by Gasteiger charge is 2.21. The SMILES string of the molecule is c1oc(N2CCCSCC2)nc1CNC1CC1. The fraction of sp³-hybridized carbons (Fsp3) is 0.750. The summed E-state index contributed by atoms with van der Waals surface area (Å²) in [5, 5.41) is 3.46. The van der Waals surface area contributed by atoms with Crippen molar-refractivity contribution in [3.05, 3.63) is 12.0 Å². The molecule has 3 rings (SSSR count). The first kappa shape index (κ1) is 11.4. The lowest BCUT2D eigenvalue weighted by atomic mass is 10.4. The van der Waals surface area contributed by atoms with Gasteiger partial charge in [0.05, 0.1) is 5.69 Å². The predicted octanol–water partition coefficient (Wildman–Crippen LogP) is 1.87. The second kappa shape index (κ2) is 5.31. The number of aromatic nitrogens is 1. The van der Waals surface area contributed by atoms with Gasteiger partial charge in [-0.15, -0.1) is 0 Å². The van der Waals surface area contributed by atoms with Crippen molar-refractivity contribution in [2.75, 3.05) is 29.5 Å². The van der Waals surface area contributed by atoms with Crippen molar-refractivity contribution in [3.8, 4) is 0 Å². The number of nitrogens with one attached hydrogen (secondary N) is 1. The summed E-state index contributed by atoms with van der Waals surface area (Å²) in [6.07, 6.45) is 5.65. The molecule has 0 amide bonds. The Kier molecular flexibility index (Phi) is 3.57. The molecule has 0 radical (unpaired) electrons. The Bertz CT molecular complexity index is 356. The van der Waals surface area contributed by atoms with Gasteiger partial charge in [0.1, 0.15) is 6.26 Å². The summed E-state index contributed by atoms with van der Waals surface area (Å²) in [7, 11) is 0. The number of nitrogens with zero attached hydrogens (tertiary/aromatic N) is 2. The summed E-state index contributed by atoms with van der Waals surface area (Å²) in [6, 6.07) is 1.53. The average molecular weight is 253 g/mol. The molecule has 0 aromatic carbocycles. The van der Waals surface area contributed by atoms with Crippen LogP contribution in [0.4, 0.5) is 6.01 Å². The van der Waals surface area contributed by atoms with E-state index in [1.54, 1.807) is 6.26 Å². The van der Waals surface area contributed by atoms with Crippen LogP contribution in [0.1, 0.15) is 25.0 Å². The quantitative estimate of drug-likeness (QED) is 0.887. The van der Waals surface area contributed by atoms with Crippen molar-refractivity contribution in [2.24, 2.45) is 0 Å². The van der Waals surface area contributed by atoms with E-state index in [1.807, 2.05) is 11.8 Å². The lowest BCUT2D eigenvalue weighted by molar-refractivity contribution is 0.535. The molecule has 2 aliphatic rings. The maximum atomic E-state index is 5.58. The maximum Gasteiger partial charge on any atom is 0.297 e. The van der Waals surface area contributed by atoms with Crippen molar-refractivity contribution >= 4 is 17.8 Å². The van der Waals surface area contributed by atoms with Gasteiger partial charge in [0.25, 0.3) is 6.01 Å². The minimum atomic E-state index is 0.727. The highest BCUT2D eigenvalue weighted by molar-refractivity contribution is 7.99. The highest BCUT2D eigenvalue weighted by Crippen LogP contribution is 2.21. The second-order valence-electron chi connectivity index (χ2n) is 4.73. The van der Waals surface area contributed by atoms with E-state index in [0.29, 0.717) is 0 Å². The summed E-state index contributed by atoms with van der Waals surface area (Å²) < 4.78 is 5.58. The first-order valence-electron chi connectivity index (χ1n) is 6.42. The summed E-state index contributed by atoms with van der Waals surface area (Å²) in [5.74, 6) is 2.44. The first-order chi connectivity index (χ1) is 8.42. The Balaban J connectivity index is 1.57. The molecule has 17 heavy (non-hydrogen) atoms.